The summed E-state index contributed by atoms with van der Waals surface area (Å²) < 4.78 is 6.73. The van der Waals surface area contributed by atoms with Gasteiger partial charge in [0.15, 0.2) is 5.78 Å². The van der Waals surface area contributed by atoms with E-state index in [1.807, 2.05) is 62.4 Å². The van der Waals surface area contributed by atoms with Crippen LogP contribution in [0.3, 0.4) is 0 Å². The molecule has 21 heavy (non-hydrogen) atoms. The van der Waals surface area contributed by atoms with Gasteiger partial charge in [-0.3, -0.25) is 4.79 Å². The molecule has 0 bridgehead atoms. The molecule has 2 aromatic rings. The number of hydrogen-bond acceptors (Lipinski definition) is 3. The molecule has 0 saturated carbocycles. The van der Waals surface area contributed by atoms with Crippen molar-refractivity contribution in [3.8, 4) is 5.75 Å². The minimum atomic E-state index is 0.0538. The summed E-state index contributed by atoms with van der Waals surface area (Å²) in [4.78, 5) is 13.5. The van der Waals surface area contributed by atoms with Gasteiger partial charge in [0.1, 0.15) is 5.75 Å². The molecule has 0 unspecified atom stereocenters. The quantitative estimate of drug-likeness (QED) is 0.519. The SMILES string of the molecule is CC(C)Oc1ccccc1C(=O)CSc1ccc(Br)cc1. The average molecular weight is 365 g/mol. The van der Waals surface area contributed by atoms with Gasteiger partial charge in [0.2, 0.25) is 0 Å². The Bertz CT molecular complexity index is 608. The molecule has 2 rings (SSSR count). The van der Waals surface area contributed by atoms with E-state index in [1.165, 1.54) is 11.8 Å². The minimum absolute atomic E-state index is 0.0538. The number of Topliss-reactive ketones (excluding diaryl/α,β-unsaturated/α-hetero) is 1. The maximum atomic E-state index is 12.4. The standard InChI is InChI=1S/C17H17BrO2S/c1-12(2)20-17-6-4-3-5-15(17)16(19)11-21-14-9-7-13(18)8-10-14/h3-10,12H,11H2,1-2H3. The lowest BCUT2D eigenvalue weighted by Gasteiger charge is -2.13. The number of halogens is 1. The molecule has 0 saturated heterocycles. The Morgan fingerprint density at radius 3 is 2.48 bits per heavy atom. The zero-order valence-electron chi connectivity index (χ0n) is 12.0. The number of hydrogen-bond donors (Lipinski definition) is 0. The molecule has 2 aromatic carbocycles. The number of carbonyl (C=O) groups is 1. The highest BCUT2D eigenvalue weighted by Crippen LogP contribution is 2.25. The molecule has 0 amide bonds. The van der Waals surface area contributed by atoms with Crippen LogP contribution in [-0.4, -0.2) is 17.6 Å². The van der Waals surface area contributed by atoms with Gasteiger partial charge in [-0.05, 0) is 50.2 Å². The maximum Gasteiger partial charge on any atom is 0.176 e. The Hall–Kier alpha value is -1.26. The molecule has 110 valence electrons. The summed E-state index contributed by atoms with van der Waals surface area (Å²) in [7, 11) is 0. The number of para-hydroxylation sites is 1. The lowest BCUT2D eigenvalue weighted by Crippen LogP contribution is -2.11. The van der Waals surface area contributed by atoms with Crippen molar-refractivity contribution < 1.29 is 9.53 Å². The predicted molar refractivity (Wildman–Crippen MR) is 91.4 cm³/mol. The van der Waals surface area contributed by atoms with Gasteiger partial charge >= 0.3 is 0 Å². The summed E-state index contributed by atoms with van der Waals surface area (Å²) in [6, 6.07) is 15.4. The fourth-order valence-electron chi connectivity index (χ4n) is 1.81. The molecule has 0 spiro atoms. The number of thioether (sulfide) groups is 1. The predicted octanol–water partition coefficient (Wildman–Crippen LogP) is 5.21. The van der Waals surface area contributed by atoms with E-state index in [-0.39, 0.29) is 11.9 Å². The van der Waals surface area contributed by atoms with Gasteiger partial charge in [-0.2, -0.15) is 0 Å². The summed E-state index contributed by atoms with van der Waals surface area (Å²) in [5.41, 5.74) is 0.649. The van der Waals surface area contributed by atoms with E-state index < -0.39 is 0 Å². The van der Waals surface area contributed by atoms with E-state index in [0.29, 0.717) is 17.1 Å². The molecule has 0 aliphatic carbocycles. The molecule has 0 N–H and O–H groups in total. The summed E-state index contributed by atoms with van der Waals surface area (Å²) >= 11 is 4.94. The highest BCUT2D eigenvalue weighted by atomic mass is 79.9. The van der Waals surface area contributed by atoms with Crippen LogP contribution in [0.5, 0.6) is 5.75 Å². The zero-order valence-corrected chi connectivity index (χ0v) is 14.4. The van der Waals surface area contributed by atoms with Crippen LogP contribution in [0.1, 0.15) is 24.2 Å². The van der Waals surface area contributed by atoms with Crippen LogP contribution < -0.4 is 4.74 Å². The van der Waals surface area contributed by atoms with Gasteiger partial charge in [0.25, 0.3) is 0 Å². The van der Waals surface area contributed by atoms with Gasteiger partial charge in [0.05, 0.1) is 17.4 Å². The first kappa shape index (κ1) is 16.1. The highest BCUT2D eigenvalue weighted by molar-refractivity contribution is 9.10. The second kappa shape index (κ2) is 7.66. The monoisotopic (exact) mass is 364 g/mol. The third-order valence-corrected chi connectivity index (χ3v) is 4.27. The molecule has 0 fully saturated rings. The number of ether oxygens (including phenoxy) is 1. The van der Waals surface area contributed by atoms with Crippen LogP contribution in [0.15, 0.2) is 57.9 Å². The Balaban J connectivity index is 2.05. The van der Waals surface area contributed by atoms with Crippen molar-refractivity contribution >= 4 is 33.5 Å². The van der Waals surface area contributed by atoms with E-state index >= 15 is 0 Å². The van der Waals surface area contributed by atoms with E-state index in [1.54, 1.807) is 0 Å². The number of carbonyl (C=O) groups excluding carboxylic acids is 1. The van der Waals surface area contributed by atoms with Gasteiger partial charge in [-0.1, -0.05) is 28.1 Å². The lowest BCUT2D eigenvalue weighted by molar-refractivity contribution is 0.101. The smallest absolute Gasteiger partial charge is 0.176 e. The average Bonchev–Trinajstić information content (AvgIpc) is 2.46. The Morgan fingerprint density at radius 2 is 1.81 bits per heavy atom. The Morgan fingerprint density at radius 1 is 1.14 bits per heavy atom. The zero-order chi connectivity index (χ0) is 15.2. The van der Waals surface area contributed by atoms with Crippen molar-refractivity contribution in [2.24, 2.45) is 0 Å². The van der Waals surface area contributed by atoms with Crippen molar-refractivity contribution in [3.05, 3.63) is 58.6 Å². The van der Waals surface area contributed by atoms with Crippen molar-refractivity contribution in [1.82, 2.24) is 0 Å². The lowest BCUT2D eigenvalue weighted by atomic mass is 10.1. The van der Waals surface area contributed by atoms with E-state index in [9.17, 15) is 4.79 Å². The van der Waals surface area contributed by atoms with Gasteiger partial charge in [-0.25, -0.2) is 0 Å². The fourth-order valence-corrected chi connectivity index (χ4v) is 2.86. The van der Waals surface area contributed by atoms with Crippen molar-refractivity contribution in [2.45, 2.75) is 24.8 Å². The van der Waals surface area contributed by atoms with Gasteiger partial charge in [-0.15, -0.1) is 11.8 Å². The number of ketones is 1. The molecule has 2 nitrogen and oxygen atoms in total. The molecular formula is C17H17BrO2S. The second-order valence-electron chi connectivity index (χ2n) is 4.83. The second-order valence-corrected chi connectivity index (χ2v) is 6.79. The summed E-state index contributed by atoms with van der Waals surface area (Å²) in [5.74, 6) is 1.15. The topological polar surface area (TPSA) is 26.3 Å². The van der Waals surface area contributed by atoms with E-state index in [0.717, 1.165) is 9.37 Å². The van der Waals surface area contributed by atoms with Crippen molar-refractivity contribution in [1.29, 1.82) is 0 Å². The Kier molecular flexibility index (Phi) is 5.88. The normalized spacial score (nSPS) is 10.7. The molecule has 0 radical (unpaired) electrons. The van der Waals surface area contributed by atoms with Crippen LogP contribution in [0, 0.1) is 0 Å². The summed E-state index contributed by atoms with van der Waals surface area (Å²) in [5, 5.41) is 0. The van der Waals surface area contributed by atoms with Crippen LogP contribution in [-0.2, 0) is 0 Å². The summed E-state index contributed by atoms with van der Waals surface area (Å²) in [6.07, 6.45) is 0.0538. The molecule has 0 aliphatic rings. The highest BCUT2D eigenvalue weighted by Gasteiger charge is 2.13. The van der Waals surface area contributed by atoms with Crippen LogP contribution in [0.4, 0.5) is 0 Å². The van der Waals surface area contributed by atoms with Crippen LogP contribution in [0.2, 0.25) is 0 Å². The third kappa shape index (κ3) is 4.90. The molecular weight excluding hydrogens is 348 g/mol. The van der Waals surface area contributed by atoms with Crippen LogP contribution in [0.25, 0.3) is 0 Å². The first-order valence-electron chi connectivity index (χ1n) is 6.73. The minimum Gasteiger partial charge on any atom is -0.490 e. The number of benzene rings is 2. The maximum absolute atomic E-state index is 12.4. The van der Waals surface area contributed by atoms with Crippen molar-refractivity contribution in [3.63, 3.8) is 0 Å². The van der Waals surface area contributed by atoms with Crippen molar-refractivity contribution in [2.75, 3.05) is 5.75 Å². The molecule has 0 aromatic heterocycles. The van der Waals surface area contributed by atoms with Gasteiger partial charge < -0.3 is 4.74 Å². The largest absolute Gasteiger partial charge is 0.490 e. The molecule has 0 aliphatic heterocycles. The molecule has 4 heteroatoms. The first-order chi connectivity index (χ1) is 10.1. The van der Waals surface area contributed by atoms with Gasteiger partial charge in [0, 0.05) is 9.37 Å². The first-order valence-corrected chi connectivity index (χ1v) is 8.51. The third-order valence-electron chi connectivity index (χ3n) is 2.73. The Labute approximate surface area is 138 Å². The van der Waals surface area contributed by atoms with Crippen LogP contribution >= 0.6 is 27.7 Å². The summed E-state index contributed by atoms with van der Waals surface area (Å²) in [6.45, 7) is 3.91. The molecule has 0 atom stereocenters. The fraction of sp³-hybridized carbons (Fsp3) is 0.235. The van der Waals surface area contributed by atoms with E-state index in [4.69, 9.17) is 4.74 Å². The number of rotatable bonds is 6. The molecule has 0 heterocycles. The van der Waals surface area contributed by atoms with E-state index in [2.05, 4.69) is 15.9 Å².